The van der Waals surface area contributed by atoms with Crippen molar-refractivity contribution < 1.29 is 19.1 Å². The molecule has 5 nitrogen and oxygen atoms in total. The molecule has 78 valence electrons. The van der Waals surface area contributed by atoms with Crippen LogP contribution in [0, 0.1) is 12.3 Å². The summed E-state index contributed by atoms with van der Waals surface area (Å²) in [5, 5.41) is 0. The van der Waals surface area contributed by atoms with E-state index in [2.05, 4.69) is 15.4 Å². The van der Waals surface area contributed by atoms with E-state index in [1.54, 1.807) is 6.92 Å². The fraction of sp³-hybridized carbons (Fsp3) is 0.556. The number of ether oxygens (including phenoxy) is 2. The molecule has 0 aliphatic rings. The van der Waals surface area contributed by atoms with Crippen LogP contribution in [0.2, 0.25) is 0 Å². The van der Waals surface area contributed by atoms with Crippen LogP contribution < -0.4 is 0 Å². The molecule has 0 atom stereocenters. The molecule has 0 N–H and O–H groups in total. The van der Waals surface area contributed by atoms with Gasteiger partial charge in [0.2, 0.25) is 0 Å². The molecule has 0 saturated heterocycles. The summed E-state index contributed by atoms with van der Waals surface area (Å²) in [6, 6.07) is 0. The van der Waals surface area contributed by atoms with E-state index in [0.717, 1.165) is 4.90 Å². The maximum absolute atomic E-state index is 11.0. The van der Waals surface area contributed by atoms with Gasteiger partial charge in [-0.3, -0.25) is 4.79 Å². The summed E-state index contributed by atoms with van der Waals surface area (Å²) in [5.74, 6) is 1.67. The van der Waals surface area contributed by atoms with Gasteiger partial charge in [-0.15, -0.1) is 6.42 Å². The summed E-state index contributed by atoms with van der Waals surface area (Å²) in [6.45, 7) is 1.73. The Morgan fingerprint density at radius 2 is 2.07 bits per heavy atom. The van der Waals surface area contributed by atoms with Crippen LogP contribution in [0.15, 0.2) is 0 Å². The van der Waals surface area contributed by atoms with Crippen LogP contribution in [0.5, 0.6) is 0 Å². The first kappa shape index (κ1) is 12.3. The molecule has 0 aromatic heterocycles. The predicted octanol–water partition coefficient (Wildman–Crippen LogP) is 0.251. The Balaban J connectivity index is 3.83. The van der Waals surface area contributed by atoms with Crippen LogP contribution >= 0.6 is 0 Å². The van der Waals surface area contributed by atoms with E-state index >= 15 is 0 Å². The Bertz CT molecular complexity index is 244. The van der Waals surface area contributed by atoms with E-state index in [-0.39, 0.29) is 19.8 Å². The minimum atomic E-state index is -0.643. The third-order valence-electron chi connectivity index (χ3n) is 1.26. The van der Waals surface area contributed by atoms with Gasteiger partial charge in [-0.1, -0.05) is 5.92 Å². The smallest absolute Gasteiger partial charge is 0.410 e. The number of esters is 1. The standard InChI is InChI=1S/C9H13NO4/c1-4-6-14-9(12)10(3)7-8(11)13-5-2/h1H,5-7H2,2-3H3. The summed E-state index contributed by atoms with van der Waals surface area (Å²) < 4.78 is 9.21. The van der Waals surface area contributed by atoms with Gasteiger partial charge < -0.3 is 14.4 Å². The van der Waals surface area contributed by atoms with Crippen molar-refractivity contribution in [3.63, 3.8) is 0 Å². The van der Waals surface area contributed by atoms with Gasteiger partial charge in [0.05, 0.1) is 6.61 Å². The minimum absolute atomic E-state index is 0.105. The van der Waals surface area contributed by atoms with Gasteiger partial charge in [-0.05, 0) is 6.92 Å². The summed E-state index contributed by atoms with van der Waals surface area (Å²) in [4.78, 5) is 23.1. The molecule has 0 heterocycles. The molecule has 0 saturated carbocycles. The lowest BCUT2D eigenvalue weighted by Crippen LogP contribution is -2.33. The van der Waals surface area contributed by atoms with Crippen LogP contribution in [0.4, 0.5) is 4.79 Å². The number of hydrogen-bond donors (Lipinski definition) is 0. The number of rotatable bonds is 4. The molecule has 0 unspecified atom stereocenters. The molecular weight excluding hydrogens is 186 g/mol. The number of carbonyl (C=O) groups excluding carboxylic acids is 2. The van der Waals surface area contributed by atoms with Crippen LogP contribution in [0.1, 0.15) is 6.92 Å². The summed E-state index contributed by atoms with van der Waals surface area (Å²) in [7, 11) is 1.43. The van der Waals surface area contributed by atoms with Crippen molar-refractivity contribution in [3.8, 4) is 12.3 Å². The molecule has 0 aromatic carbocycles. The number of carbonyl (C=O) groups is 2. The topological polar surface area (TPSA) is 55.8 Å². The van der Waals surface area contributed by atoms with Gasteiger partial charge in [-0.25, -0.2) is 4.79 Å². The lowest BCUT2D eigenvalue weighted by molar-refractivity contribution is -0.143. The molecular formula is C9H13NO4. The first-order chi connectivity index (χ1) is 6.61. The molecule has 5 heteroatoms. The zero-order chi connectivity index (χ0) is 11.0. The van der Waals surface area contributed by atoms with Gasteiger partial charge in [0.15, 0.2) is 6.61 Å². The number of terminal acetylenes is 1. The average molecular weight is 199 g/mol. The zero-order valence-electron chi connectivity index (χ0n) is 8.28. The normalized spacial score (nSPS) is 8.64. The van der Waals surface area contributed by atoms with Crippen LogP contribution in [-0.2, 0) is 14.3 Å². The average Bonchev–Trinajstić information content (AvgIpc) is 2.14. The Kier molecular flexibility index (Phi) is 5.95. The summed E-state index contributed by atoms with van der Waals surface area (Å²) in [6.07, 6.45) is 4.25. The van der Waals surface area contributed by atoms with Crippen LogP contribution in [0.25, 0.3) is 0 Å². The first-order valence-electron chi connectivity index (χ1n) is 4.08. The molecule has 0 aliphatic heterocycles. The predicted molar refractivity (Wildman–Crippen MR) is 49.4 cm³/mol. The lowest BCUT2D eigenvalue weighted by atomic mass is 10.6. The van der Waals surface area contributed by atoms with Crippen molar-refractivity contribution in [1.82, 2.24) is 4.90 Å². The van der Waals surface area contributed by atoms with Crippen molar-refractivity contribution in [2.75, 3.05) is 26.8 Å². The maximum atomic E-state index is 11.0. The molecule has 0 aliphatic carbocycles. The number of nitrogens with zero attached hydrogens (tertiary/aromatic N) is 1. The Labute approximate surface area is 83.0 Å². The molecule has 0 rings (SSSR count). The number of likely N-dealkylation sites (N-methyl/N-ethyl adjacent to an activating group) is 1. The van der Waals surface area contributed by atoms with Crippen molar-refractivity contribution in [1.29, 1.82) is 0 Å². The third kappa shape index (κ3) is 5.04. The van der Waals surface area contributed by atoms with E-state index in [1.807, 2.05) is 0 Å². The zero-order valence-corrected chi connectivity index (χ0v) is 8.28. The Hall–Kier alpha value is -1.70. The molecule has 0 fully saturated rings. The van der Waals surface area contributed by atoms with Gasteiger partial charge >= 0.3 is 12.1 Å². The van der Waals surface area contributed by atoms with E-state index in [9.17, 15) is 9.59 Å². The lowest BCUT2D eigenvalue weighted by Gasteiger charge is -2.14. The van der Waals surface area contributed by atoms with Crippen LogP contribution in [-0.4, -0.2) is 43.8 Å². The Morgan fingerprint density at radius 1 is 1.43 bits per heavy atom. The van der Waals surface area contributed by atoms with Gasteiger partial charge in [0.1, 0.15) is 6.54 Å². The maximum Gasteiger partial charge on any atom is 0.410 e. The fourth-order valence-corrected chi connectivity index (χ4v) is 0.678. The third-order valence-corrected chi connectivity index (χ3v) is 1.26. The number of amides is 1. The van der Waals surface area contributed by atoms with Crippen molar-refractivity contribution in [2.45, 2.75) is 6.92 Å². The van der Waals surface area contributed by atoms with Crippen LogP contribution in [0.3, 0.4) is 0 Å². The second-order valence-electron chi connectivity index (χ2n) is 2.42. The van der Waals surface area contributed by atoms with Crippen molar-refractivity contribution >= 4 is 12.1 Å². The number of hydrogen-bond acceptors (Lipinski definition) is 4. The molecule has 0 radical (unpaired) electrons. The van der Waals surface area contributed by atoms with E-state index in [4.69, 9.17) is 6.42 Å². The minimum Gasteiger partial charge on any atom is -0.465 e. The first-order valence-corrected chi connectivity index (χ1v) is 4.08. The molecule has 14 heavy (non-hydrogen) atoms. The monoisotopic (exact) mass is 199 g/mol. The SMILES string of the molecule is C#CCOC(=O)N(C)CC(=O)OCC. The Morgan fingerprint density at radius 3 is 2.57 bits per heavy atom. The molecule has 1 amide bonds. The molecule has 0 aromatic rings. The quantitative estimate of drug-likeness (QED) is 0.481. The van der Waals surface area contributed by atoms with Gasteiger partial charge in [-0.2, -0.15) is 0 Å². The highest BCUT2D eigenvalue weighted by Gasteiger charge is 2.13. The van der Waals surface area contributed by atoms with E-state index < -0.39 is 12.1 Å². The summed E-state index contributed by atoms with van der Waals surface area (Å²) in [5.41, 5.74) is 0. The van der Waals surface area contributed by atoms with E-state index in [0.29, 0.717) is 0 Å². The second-order valence-corrected chi connectivity index (χ2v) is 2.42. The van der Waals surface area contributed by atoms with Crippen molar-refractivity contribution in [2.24, 2.45) is 0 Å². The molecule has 0 bridgehead atoms. The second kappa shape index (κ2) is 6.78. The highest BCUT2D eigenvalue weighted by molar-refractivity contribution is 5.77. The van der Waals surface area contributed by atoms with Crippen molar-refractivity contribution in [3.05, 3.63) is 0 Å². The van der Waals surface area contributed by atoms with Gasteiger partial charge in [0, 0.05) is 7.05 Å². The summed E-state index contributed by atoms with van der Waals surface area (Å²) >= 11 is 0. The molecule has 0 spiro atoms. The van der Waals surface area contributed by atoms with Gasteiger partial charge in [0.25, 0.3) is 0 Å². The highest BCUT2D eigenvalue weighted by atomic mass is 16.6. The highest BCUT2D eigenvalue weighted by Crippen LogP contribution is 1.91. The largest absolute Gasteiger partial charge is 0.465 e. The fourth-order valence-electron chi connectivity index (χ4n) is 0.678. The van der Waals surface area contributed by atoms with E-state index in [1.165, 1.54) is 7.05 Å².